The van der Waals surface area contributed by atoms with E-state index in [2.05, 4.69) is 36.2 Å². The van der Waals surface area contributed by atoms with E-state index in [0.29, 0.717) is 0 Å². The Kier molecular flexibility index (Phi) is 3.38. The number of benzene rings is 1. The van der Waals surface area contributed by atoms with Crippen molar-refractivity contribution in [3.05, 3.63) is 47.2 Å². The van der Waals surface area contributed by atoms with Crippen molar-refractivity contribution in [1.29, 1.82) is 0 Å². The van der Waals surface area contributed by atoms with Gasteiger partial charge >= 0.3 is 0 Å². The van der Waals surface area contributed by atoms with Crippen molar-refractivity contribution in [1.82, 2.24) is 4.98 Å². The first kappa shape index (κ1) is 12.0. The Labute approximate surface area is 106 Å². The fraction of sp³-hybridized carbons (Fsp3) is 0.214. The van der Waals surface area contributed by atoms with Gasteiger partial charge in [0.25, 0.3) is 0 Å². The van der Waals surface area contributed by atoms with Crippen LogP contribution in [0.1, 0.15) is 16.8 Å². The molecule has 0 aliphatic rings. The van der Waals surface area contributed by atoms with Gasteiger partial charge in [-0.1, -0.05) is 17.8 Å². The Balaban J connectivity index is 2.31. The first-order valence-corrected chi connectivity index (χ1v) is 6.35. The number of nitrogen functional groups attached to an aromatic ring is 1. The molecule has 0 saturated heterocycles. The highest BCUT2D eigenvalue weighted by Crippen LogP contribution is 2.31. The first-order valence-electron chi connectivity index (χ1n) is 5.54. The lowest BCUT2D eigenvalue weighted by Gasteiger charge is -2.07. The van der Waals surface area contributed by atoms with Gasteiger partial charge in [0.2, 0.25) is 0 Å². The molecule has 0 atom stereocenters. The van der Waals surface area contributed by atoms with E-state index < -0.39 is 0 Å². The zero-order chi connectivity index (χ0) is 12.4. The molecule has 1 aromatic carbocycles. The molecule has 0 amide bonds. The summed E-state index contributed by atoms with van der Waals surface area (Å²) in [4.78, 5) is 5.56. The van der Waals surface area contributed by atoms with Crippen molar-refractivity contribution in [2.24, 2.45) is 0 Å². The number of nitrogens with zero attached hydrogens (tertiary/aromatic N) is 1. The summed E-state index contributed by atoms with van der Waals surface area (Å²) < 4.78 is 0. The molecule has 2 nitrogen and oxygen atoms in total. The second-order valence-electron chi connectivity index (χ2n) is 4.27. The minimum atomic E-state index is 0.816. The Bertz CT molecular complexity index is 530. The average Bonchev–Trinajstić information content (AvgIpc) is 2.21. The van der Waals surface area contributed by atoms with Crippen LogP contribution in [0.4, 0.5) is 5.69 Å². The van der Waals surface area contributed by atoms with E-state index in [1.807, 2.05) is 19.9 Å². The summed E-state index contributed by atoms with van der Waals surface area (Å²) in [6.07, 6.45) is 0. The third kappa shape index (κ3) is 3.01. The number of hydrogen-bond donors (Lipinski definition) is 1. The number of anilines is 1. The van der Waals surface area contributed by atoms with Gasteiger partial charge < -0.3 is 5.73 Å². The number of rotatable bonds is 2. The number of aryl methyl sites for hydroxylation is 3. The first-order chi connectivity index (χ1) is 8.04. The predicted octanol–water partition coefficient (Wildman–Crippen LogP) is 3.74. The topological polar surface area (TPSA) is 38.9 Å². The van der Waals surface area contributed by atoms with Crippen LogP contribution >= 0.6 is 11.8 Å². The molecule has 88 valence electrons. The lowest BCUT2D eigenvalue weighted by molar-refractivity contribution is 1.05. The monoisotopic (exact) mass is 244 g/mol. The molecule has 2 rings (SSSR count). The summed E-state index contributed by atoms with van der Waals surface area (Å²) >= 11 is 1.62. The Hall–Kier alpha value is -1.48. The van der Waals surface area contributed by atoms with Crippen LogP contribution in [-0.4, -0.2) is 4.98 Å². The van der Waals surface area contributed by atoms with Crippen LogP contribution < -0.4 is 5.73 Å². The number of aromatic nitrogens is 1. The van der Waals surface area contributed by atoms with E-state index >= 15 is 0 Å². The summed E-state index contributed by atoms with van der Waals surface area (Å²) in [5.74, 6) is 0. The van der Waals surface area contributed by atoms with E-state index in [4.69, 9.17) is 5.73 Å². The maximum atomic E-state index is 6.00. The molecule has 0 aliphatic heterocycles. The van der Waals surface area contributed by atoms with Crippen molar-refractivity contribution in [2.45, 2.75) is 30.7 Å². The summed E-state index contributed by atoms with van der Waals surface area (Å²) in [6.45, 7) is 6.13. The molecule has 0 bridgehead atoms. The molecule has 0 radical (unpaired) electrons. The van der Waals surface area contributed by atoms with Crippen LogP contribution in [0.25, 0.3) is 0 Å². The third-order valence-corrected chi connectivity index (χ3v) is 3.46. The Morgan fingerprint density at radius 3 is 2.41 bits per heavy atom. The smallest absolute Gasteiger partial charge is 0.101 e. The SMILES string of the molecule is Cc1cc(C)nc(Sc2ccc(C)cc2N)c1. The molecule has 2 N–H and O–H groups in total. The minimum Gasteiger partial charge on any atom is -0.398 e. The molecule has 0 saturated carbocycles. The van der Waals surface area contributed by atoms with E-state index in [-0.39, 0.29) is 0 Å². The molecule has 1 aromatic heterocycles. The van der Waals surface area contributed by atoms with Gasteiger partial charge in [-0.3, -0.25) is 0 Å². The van der Waals surface area contributed by atoms with Crippen molar-refractivity contribution < 1.29 is 0 Å². The highest BCUT2D eigenvalue weighted by molar-refractivity contribution is 7.99. The molecule has 0 aliphatic carbocycles. The van der Waals surface area contributed by atoms with Gasteiger partial charge in [-0.15, -0.1) is 0 Å². The molecule has 0 fully saturated rings. The highest BCUT2D eigenvalue weighted by Gasteiger charge is 2.04. The fourth-order valence-corrected chi connectivity index (χ4v) is 2.70. The van der Waals surface area contributed by atoms with Gasteiger partial charge in [-0.2, -0.15) is 0 Å². The van der Waals surface area contributed by atoms with Gasteiger partial charge in [-0.25, -0.2) is 4.98 Å². The van der Waals surface area contributed by atoms with Crippen LogP contribution in [-0.2, 0) is 0 Å². The van der Waals surface area contributed by atoms with E-state index in [1.54, 1.807) is 11.8 Å². The molecule has 1 heterocycles. The van der Waals surface area contributed by atoms with Crippen LogP contribution in [0.15, 0.2) is 40.3 Å². The van der Waals surface area contributed by atoms with Gasteiger partial charge in [-0.05, 0) is 56.2 Å². The van der Waals surface area contributed by atoms with Crippen LogP contribution in [0.3, 0.4) is 0 Å². The minimum absolute atomic E-state index is 0.816. The molecular formula is C14H16N2S. The summed E-state index contributed by atoms with van der Waals surface area (Å²) in [5.41, 5.74) is 10.3. The van der Waals surface area contributed by atoms with Crippen molar-refractivity contribution in [2.75, 3.05) is 5.73 Å². The van der Waals surface area contributed by atoms with Crippen molar-refractivity contribution in [3.63, 3.8) is 0 Å². The van der Waals surface area contributed by atoms with E-state index in [0.717, 1.165) is 21.3 Å². The summed E-state index contributed by atoms with van der Waals surface area (Å²) in [5, 5.41) is 0.998. The largest absolute Gasteiger partial charge is 0.398 e. The van der Waals surface area contributed by atoms with Gasteiger partial charge in [0.1, 0.15) is 5.03 Å². The number of pyridine rings is 1. The fourth-order valence-electron chi connectivity index (χ4n) is 1.73. The summed E-state index contributed by atoms with van der Waals surface area (Å²) in [7, 11) is 0. The quantitative estimate of drug-likeness (QED) is 0.818. The molecular weight excluding hydrogens is 228 g/mol. The normalized spacial score (nSPS) is 10.5. The molecule has 0 unspecified atom stereocenters. The second-order valence-corrected chi connectivity index (χ2v) is 5.33. The van der Waals surface area contributed by atoms with Crippen molar-refractivity contribution in [3.8, 4) is 0 Å². The number of nitrogens with two attached hydrogens (primary N) is 1. The molecule has 0 spiro atoms. The van der Waals surface area contributed by atoms with E-state index in [9.17, 15) is 0 Å². The maximum absolute atomic E-state index is 6.00. The van der Waals surface area contributed by atoms with Crippen LogP contribution in [0.5, 0.6) is 0 Å². The average molecular weight is 244 g/mol. The molecule has 3 heteroatoms. The predicted molar refractivity (Wildman–Crippen MR) is 73.4 cm³/mol. The lowest BCUT2D eigenvalue weighted by Crippen LogP contribution is -1.91. The van der Waals surface area contributed by atoms with Gasteiger partial charge in [0.15, 0.2) is 0 Å². The molecule has 2 aromatic rings. The zero-order valence-corrected chi connectivity index (χ0v) is 11.1. The third-order valence-electron chi connectivity index (χ3n) is 2.45. The zero-order valence-electron chi connectivity index (χ0n) is 10.3. The van der Waals surface area contributed by atoms with Crippen molar-refractivity contribution >= 4 is 17.4 Å². The number of hydrogen-bond acceptors (Lipinski definition) is 3. The standard InChI is InChI=1S/C14H16N2S/c1-9-4-5-13(12(15)7-9)17-14-8-10(2)6-11(3)16-14/h4-8H,15H2,1-3H3. The second kappa shape index (κ2) is 4.80. The van der Waals surface area contributed by atoms with Gasteiger partial charge in [0, 0.05) is 16.3 Å². The summed E-state index contributed by atoms with van der Waals surface area (Å²) in [6, 6.07) is 10.3. The molecule has 17 heavy (non-hydrogen) atoms. The van der Waals surface area contributed by atoms with Crippen LogP contribution in [0.2, 0.25) is 0 Å². The van der Waals surface area contributed by atoms with E-state index in [1.165, 1.54) is 11.1 Å². The highest BCUT2D eigenvalue weighted by atomic mass is 32.2. The maximum Gasteiger partial charge on any atom is 0.101 e. The lowest BCUT2D eigenvalue weighted by atomic mass is 10.2. The van der Waals surface area contributed by atoms with Gasteiger partial charge in [0.05, 0.1) is 0 Å². The Morgan fingerprint density at radius 1 is 1.00 bits per heavy atom. The Morgan fingerprint density at radius 2 is 1.76 bits per heavy atom. The van der Waals surface area contributed by atoms with Crippen LogP contribution in [0, 0.1) is 20.8 Å².